The summed E-state index contributed by atoms with van der Waals surface area (Å²) in [7, 11) is 0. The Bertz CT molecular complexity index is 3220. The number of hydrogen-bond donors (Lipinski definition) is 0. The maximum atomic E-state index is 6.62. The van der Waals surface area contributed by atoms with Crippen molar-refractivity contribution in [2.75, 3.05) is 0 Å². The standard InChI is InChI=1S/C49H29N3O2/c1-3-12-30(13-4-1)32-16-9-17-34(26-32)47-50-48(35-25-24-33-28-41-38-18-7-8-22-42(38)53-44(41)29-36(33)27-35)52-49(51-47)40-21-11-23-43-45(40)39-20-10-19-37(46(39)54-43)31-14-5-2-6-15-31/h1-29H. The Morgan fingerprint density at radius 3 is 1.80 bits per heavy atom. The van der Waals surface area contributed by atoms with Crippen LogP contribution in [0.2, 0.25) is 0 Å². The lowest BCUT2D eigenvalue weighted by atomic mass is 10.00. The second kappa shape index (κ2) is 12.1. The van der Waals surface area contributed by atoms with Crippen LogP contribution in [0.5, 0.6) is 0 Å². The number of furan rings is 2. The molecule has 0 radical (unpaired) electrons. The highest BCUT2D eigenvalue weighted by Crippen LogP contribution is 2.41. The smallest absolute Gasteiger partial charge is 0.164 e. The van der Waals surface area contributed by atoms with Gasteiger partial charge >= 0.3 is 0 Å². The molecule has 54 heavy (non-hydrogen) atoms. The predicted octanol–water partition coefficient (Wildman–Crippen LogP) is 13.2. The minimum Gasteiger partial charge on any atom is -0.456 e. The van der Waals surface area contributed by atoms with Crippen LogP contribution in [-0.2, 0) is 0 Å². The lowest BCUT2D eigenvalue weighted by molar-refractivity contribution is 0.669. The number of nitrogens with zero attached hydrogens (tertiary/aromatic N) is 3. The maximum absolute atomic E-state index is 6.62. The van der Waals surface area contributed by atoms with Crippen molar-refractivity contribution in [2.45, 2.75) is 0 Å². The lowest BCUT2D eigenvalue weighted by Gasteiger charge is -2.11. The number of aromatic nitrogens is 3. The lowest BCUT2D eigenvalue weighted by Crippen LogP contribution is -2.00. The van der Waals surface area contributed by atoms with Gasteiger partial charge < -0.3 is 8.83 Å². The van der Waals surface area contributed by atoms with Gasteiger partial charge in [0.25, 0.3) is 0 Å². The molecule has 0 bridgehead atoms. The molecule has 0 unspecified atom stereocenters. The fourth-order valence-electron chi connectivity index (χ4n) is 7.71. The molecule has 0 aliphatic heterocycles. The van der Waals surface area contributed by atoms with Crippen LogP contribution in [0.15, 0.2) is 185 Å². The second-order valence-corrected chi connectivity index (χ2v) is 13.6. The molecule has 5 heteroatoms. The van der Waals surface area contributed by atoms with Crippen molar-refractivity contribution in [2.24, 2.45) is 0 Å². The Labute approximate surface area is 309 Å². The Morgan fingerprint density at radius 1 is 0.315 bits per heavy atom. The Kier molecular flexibility index (Phi) is 6.79. The van der Waals surface area contributed by atoms with Crippen molar-refractivity contribution in [3.8, 4) is 56.4 Å². The summed E-state index contributed by atoms with van der Waals surface area (Å²) in [6, 6.07) is 60.4. The van der Waals surface area contributed by atoms with E-state index in [-0.39, 0.29) is 0 Å². The van der Waals surface area contributed by atoms with Crippen molar-refractivity contribution in [3.63, 3.8) is 0 Å². The molecule has 0 amide bonds. The van der Waals surface area contributed by atoms with Crippen LogP contribution < -0.4 is 0 Å². The SMILES string of the molecule is c1ccc(-c2cccc(-c3nc(-c4ccc5cc6c(cc5c4)oc4ccccc46)nc(-c4cccc5oc6c(-c7ccccc7)cccc6c45)n3)c2)cc1. The van der Waals surface area contributed by atoms with E-state index in [1.54, 1.807) is 0 Å². The minimum atomic E-state index is 0.575. The third kappa shape index (κ3) is 4.98. The molecule has 0 spiro atoms. The summed E-state index contributed by atoms with van der Waals surface area (Å²) in [5.41, 5.74) is 10.4. The minimum absolute atomic E-state index is 0.575. The van der Waals surface area contributed by atoms with Gasteiger partial charge in [-0.05, 0) is 63.9 Å². The van der Waals surface area contributed by atoms with E-state index in [1.807, 2.05) is 42.5 Å². The van der Waals surface area contributed by atoms with E-state index in [9.17, 15) is 0 Å². The number of hydrogen-bond acceptors (Lipinski definition) is 5. The van der Waals surface area contributed by atoms with E-state index < -0.39 is 0 Å². The fraction of sp³-hybridized carbons (Fsp3) is 0. The summed E-state index contributed by atoms with van der Waals surface area (Å²) in [5, 5.41) is 6.36. The number of fused-ring (bicyclic) bond motifs is 7. The molecule has 3 aromatic heterocycles. The first kappa shape index (κ1) is 30.3. The first-order valence-electron chi connectivity index (χ1n) is 18.0. The third-order valence-electron chi connectivity index (χ3n) is 10.3. The zero-order chi connectivity index (χ0) is 35.6. The average molecular weight is 692 g/mol. The molecule has 5 nitrogen and oxygen atoms in total. The van der Waals surface area contributed by atoms with Crippen molar-refractivity contribution >= 4 is 54.6 Å². The first-order chi connectivity index (χ1) is 26.7. The molecule has 0 aliphatic rings. The van der Waals surface area contributed by atoms with Crippen molar-refractivity contribution in [1.82, 2.24) is 15.0 Å². The van der Waals surface area contributed by atoms with Gasteiger partial charge in [-0.25, -0.2) is 15.0 Å². The van der Waals surface area contributed by atoms with Crippen LogP contribution >= 0.6 is 0 Å². The molecule has 0 saturated carbocycles. The molecule has 0 saturated heterocycles. The average Bonchev–Trinajstić information content (AvgIpc) is 3.81. The molecular weight excluding hydrogens is 663 g/mol. The largest absolute Gasteiger partial charge is 0.456 e. The highest BCUT2D eigenvalue weighted by Gasteiger charge is 2.20. The Balaban J connectivity index is 1.13. The molecule has 11 aromatic rings. The van der Waals surface area contributed by atoms with E-state index in [0.29, 0.717) is 17.5 Å². The number of benzene rings is 8. The molecule has 0 N–H and O–H groups in total. The fourth-order valence-corrected chi connectivity index (χ4v) is 7.71. The molecule has 0 fully saturated rings. The number of rotatable bonds is 5. The summed E-state index contributed by atoms with van der Waals surface area (Å²) in [6.07, 6.45) is 0. The van der Waals surface area contributed by atoms with Gasteiger partial charge in [0.2, 0.25) is 0 Å². The summed E-state index contributed by atoms with van der Waals surface area (Å²) in [5.74, 6) is 1.75. The van der Waals surface area contributed by atoms with E-state index in [2.05, 4.69) is 133 Å². The molecule has 0 aliphatic carbocycles. The van der Waals surface area contributed by atoms with Crippen LogP contribution in [0.4, 0.5) is 0 Å². The highest BCUT2D eigenvalue weighted by molar-refractivity contribution is 6.15. The number of para-hydroxylation sites is 2. The van der Waals surface area contributed by atoms with Crippen LogP contribution in [0.1, 0.15) is 0 Å². The zero-order valence-corrected chi connectivity index (χ0v) is 28.9. The Hall–Kier alpha value is -7.37. The van der Waals surface area contributed by atoms with Gasteiger partial charge in [0.15, 0.2) is 17.5 Å². The first-order valence-corrected chi connectivity index (χ1v) is 18.0. The van der Waals surface area contributed by atoms with Crippen molar-refractivity contribution in [1.29, 1.82) is 0 Å². The second-order valence-electron chi connectivity index (χ2n) is 13.6. The van der Waals surface area contributed by atoms with Crippen molar-refractivity contribution in [3.05, 3.63) is 176 Å². The summed E-state index contributed by atoms with van der Waals surface area (Å²) >= 11 is 0. The van der Waals surface area contributed by atoms with Crippen molar-refractivity contribution < 1.29 is 8.83 Å². The predicted molar refractivity (Wildman–Crippen MR) is 219 cm³/mol. The topological polar surface area (TPSA) is 65.0 Å². The van der Waals surface area contributed by atoms with Gasteiger partial charge in [0.1, 0.15) is 22.3 Å². The van der Waals surface area contributed by atoms with Crippen LogP contribution in [0.25, 0.3) is 111 Å². The zero-order valence-electron chi connectivity index (χ0n) is 28.9. The molecule has 3 heterocycles. The van der Waals surface area contributed by atoms with E-state index in [0.717, 1.165) is 93.6 Å². The molecule has 11 rings (SSSR count). The molecular formula is C49H29N3O2. The van der Waals surface area contributed by atoms with Gasteiger partial charge in [0, 0.05) is 43.8 Å². The summed E-state index contributed by atoms with van der Waals surface area (Å²) in [6.45, 7) is 0. The summed E-state index contributed by atoms with van der Waals surface area (Å²) < 4.78 is 12.9. The monoisotopic (exact) mass is 691 g/mol. The van der Waals surface area contributed by atoms with Crippen LogP contribution in [0.3, 0.4) is 0 Å². The quantitative estimate of drug-likeness (QED) is 0.180. The molecule has 0 atom stereocenters. The maximum Gasteiger partial charge on any atom is 0.164 e. The van der Waals surface area contributed by atoms with Gasteiger partial charge in [-0.15, -0.1) is 0 Å². The third-order valence-corrected chi connectivity index (χ3v) is 10.3. The highest BCUT2D eigenvalue weighted by atomic mass is 16.3. The molecule has 8 aromatic carbocycles. The molecule has 252 valence electrons. The van der Waals surface area contributed by atoms with Crippen LogP contribution in [0, 0.1) is 0 Å². The van der Waals surface area contributed by atoms with Gasteiger partial charge in [-0.1, -0.05) is 140 Å². The Morgan fingerprint density at radius 2 is 0.944 bits per heavy atom. The van der Waals surface area contributed by atoms with E-state index >= 15 is 0 Å². The normalized spacial score (nSPS) is 11.7. The van der Waals surface area contributed by atoms with Gasteiger partial charge in [-0.3, -0.25) is 0 Å². The van der Waals surface area contributed by atoms with Gasteiger partial charge in [-0.2, -0.15) is 0 Å². The van der Waals surface area contributed by atoms with Gasteiger partial charge in [0.05, 0.1) is 0 Å². The van der Waals surface area contributed by atoms with E-state index in [1.165, 1.54) is 0 Å². The van der Waals surface area contributed by atoms with E-state index in [4.69, 9.17) is 23.8 Å². The van der Waals surface area contributed by atoms with Crippen LogP contribution in [-0.4, -0.2) is 15.0 Å². The summed E-state index contributed by atoms with van der Waals surface area (Å²) in [4.78, 5) is 15.6.